The molecule has 0 aliphatic heterocycles. The van der Waals surface area contributed by atoms with E-state index >= 15 is 0 Å². The molecule has 0 radical (unpaired) electrons. The van der Waals surface area contributed by atoms with E-state index in [4.69, 9.17) is 26.3 Å². The van der Waals surface area contributed by atoms with Gasteiger partial charge in [0.15, 0.2) is 5.82 Å². The molecule has 0 fully saturated rings. The van der Waals surface area contributed by atoms with Gasteiger partial charge in [-0.3, -0.25) is 10.1 Å². The summed E-state index contributed by atoms with van der Waals surface area (Å²) >= 11 is 6.25. The Labute approximate surface area is 194 Å². The average Bonchev–Trinajstić information content (AvgIpc) is 2.84. The van der Waals surface area contributed by atoms with Crippen LogP contribution < -0.4 is 4.74 Å². The Morgan fingerprint density at radius 3 is 2.27 bits per heavy atom. The number of hydrogen-bond donors (Lipinski definition) is 0. The summed E-state index contributed by atoms with van der Waals surface area (Å²) in [5.41, 5.74) is 3.33. The molecule has 0 bridgehead atoms. The Morgan fingerprint density at radius 1 is 0.758 bits per heavy atom. The number of nitrogens with zero attached hydrogens (tertiary/aromatic N) is 3. The van der Waals surface area contributed by atoms with Crippen LogP contribution in [0.2, 0.25) is 5.02 Å². The third kappa shape index (κ3) is 4.37. The number of rotatable bonds is 5. The van der Waals surface area contributed by atoms with Crippen molar-refractivity contribution in [2.45, 2.75) is 0 Å². The topological polar surface area (TPSA) is 78.2 Å². The van der Waals surface area contributed by atoms with Crippen LogP contribution in [0.5, 0.6) is 11.5 Å². The highest BCUT2D eigenvalue weighted by Gasteiger charge is 2.13. The number of benzene rings is 4. The summed E-state index contributed by atoms with van der Waals surface area (Å²) < 4.78 is 5.90. The first-order valence-electron chi connectivity index (χ1n) is 10.1. The quantitative estimate of drug-likeness (QED) is 0.206. The van der Waals surface area contributed by atoms with Crippen LogP contribution in [0.25, 0.3) is 33.5 Å². The van der Waals surface area contributed by atoms with E-state index in [0.717, 1.165) is 27.7 Å². The molecule has 4 aromatic carbocycles. The molecule has 160 valence electrons. The fourth-order valence-electron chi connectivity index (χ4n) is 3.52. The standard InChI is InChI=1S/C26H16ClN3O3/c27-19-9-14-24-23(16-19)25(17-5-2-1-3-6-17)29-26(28-24)18-7-4-8-22(15-18)33-21-12-10-20(11-13-21)30(31)32/h1-16H. The molecule has 0 saturated carbocycles. The number of fused-ring (bicyclic) bond motifs is 1. The minimum absolute atomic E-state index is 0.00853. The molecule has 5 rings (SSSR count). The van der Waals surface area contributed by atoms with Crippen molar-refractivity contribution in [1.29, 1.82) is 0 Å². The van der Waals surface area contributed by atoms with Crippen molar-refractivity contribution >= 4 is 28.2 Å². The van der Waals surface area contributed by atoms with Crippen molar-refractivity contribution in [3.8, 4) is 34.1 Å². The second kappa shape index (κ2) is 8.68. The predicted octanol–water partition coefficient (Wildman–Crippen LogP) is 7.32. The van der Waals surface area contributed by atoms with Crippen molar-refractivity contribution < 1.29 is 9.66 Å². The molecule has 0 aliphatic carbocycles. The lowest BCUT2D eigenvalue weighted by Gasteiger charge is -2.11. The van der Waals surface area contributed by atoms with Gasteiger partial charge >= 0.3 is 0 Å². The zero-order valence-electron chi connectivity index (χ0n) is 17.2. The van der Waals surface area contributed by atoms with Gasteiger partial charge in [-0.25, -0.2) is 9.97 Å². The van der Waals surface area contributed by atoms with Crippen LogP contribution in [0.15, 0.2) is 97.1 Å². The molecule has 33 heavy (non-hydrogen) atoms. The zero-order chi connectivity index (χ0) is 22.8. The number of aromatic nitrogens is 2. The Bertz CT molecular complexity index is 1470. The van der Waals surface area contributed by atoms with Gasteiger partial charge in [-0.1, -0.05) is 54.1 Å². The third-order valence-electron chi connectivity index (χ3n) is 5.08. The van der Waals surface area contributed by atoms with Gasteiger partial charge in [0.1, 0.15) is 11.5 Å². The van der Waals surface area contributed by atoms with Crippen LogP contribution in [0.4, 0.5) is 5.69 Å². The zero-order valence-corrected chi connectivity index (χ0v) is 17.9. The molecule has 0 unspecified atom stereocenters. The van der Waals surface area contributed by atoms with Gasteiger partial charge in [0.25, 0.3) is 5.69 Å². The minimum atomic E-state index is -0.445. The molecule has 0 atom stereocenters. The van der Waals surface area contributed by atoms with Gasteiger partial charge in [0.05, 0.1) is 16.1 Å². The Balaban J connectivity index is 1.55. The number of hydrogen-bond acceptors (Lipinski definition) is 5. The second-order valence-electron chi connectivity index (χ2n) is 7.30. The first-order valence-corrected chi connectivity index (χ1v) is 10.5. The molecule has 0 spiro atoms. The minimum Gasteiger partial charge on any atom is -0.457 e. The van der Waals surface area contributed by atoms with Crippen LogP contribution in [0.3, 0.4) is 0 Å². The highest BCUT2D eigenvalue weighted by atomic mass is 35.5. The second-order valence-corrected chi connectivity index (χ2v) is 7.74. The molecule has 0 amide bonds. The molecule has 7 heteroatoms. The highest BCUT2D eigenvalue weighted by molar-refractivity contribution is 6.31. The largest absolute Gasteiger partial charge is 0.457 e. The molecule has 0 aliphatic rings. The normalized spacial score (nSPS) is 10.8. The van der Waals surface area contributed by atoms with Crippen molar-refractivity contribution in [3.05, 3.63) is 112 Å². The molecular weight excluding hydrogens is 438 g/mol. The van der Waals surface area contributed by atoms with Crippen LogP contribution in [0, 0.1) is 10.1 Å². The fourth-order valence-corrected chi connectivity index (χ4v) is 3.69. The van der Waals surface area contributed by atoms with Crippen molar-refractivity contribution in [1.82, 2.24) is 9.97 Å². The maximum Gasteiger partial charge on any atom is 0.269 e. The first-order chi connectivity index (χ1) is 16.1. The highest BCUT2D eigenvalue weighted by Crippen LogP contribution is 2.32. The number of non-ortho nitro benzene ring substituents is 1. The molecule has 0 saturated heterocycles. The molecule has 5 aromatic rings. The van der Waals surface area contributed by atoms with Gasteiger partial charge in [-0.05, 0) is 42.5 Å². The lowest BCUT2D eigenvalue weighted by atomic mass is 10.1. The van der Waals surface area contributed by atoms with Crippen molar-refractivity contribution in [2.75, 3.05) is 0 Å². The SMILES string of the molecule is O=[N+]([O-])c1ccc(Oc2cccc(-c3nc(-c4ccccc4)c4cc(Cl)ccc4n3)c2)cc1. The van der Waals surface area contributed by atoms with E-state index < -0.39 is 4.92 Å². The van der Waals surface area contributed by atoms with E-state index in [-0.39, 0.29) is 5.69 Å². The van der Waals surface area contributed by atoms with E-state index in [2.05, 4.69) is 0 Å². The monoisotopic (exact) mass is 453 g/mol. The summed E-state index contributed by atoms with van der Waals surface area (Å²) in [6.07, 6.45) is 0. The summed E-state index contributed by atoms with van der Waals surface area (Å²) in [5.74, 6) is 1.62. The van der Waals surface area contributed by atoms with Crippen LogP contribution in [-0.2, 0) is 0 Å². The smallest absolute Gasteiger partial charge is 0.269 e. The summed E-state index contributed by atoms with van der Waals surface area (Å²) in [7, 11) is 0. The maximum absolute atomic E-state index is 10.9. The summed E-state index contributed by atoms with van der Waals surface area (Å²) in [5, 5.41) is 12.3. The van der Waals surface area contributed by atoms with E-state index in [1.807, 2.05) is 72.8 Å². The number of ether oxygens (including phenoxy) is 1. The maximum atomic E-state index is 10.9. The van der Waals surface area contributed by atoms with Gasteiger partial charge in [0.2, 0.25) is 0 Å². The van der Waals surface area contributed by atoms with Gasteiger partial charge in [0, 0.05) is 33.7 Å². The Morgan fingerprint density at radius 2 is 1.52 bits per heavy atom. The number of nitro groups is 1. The molecule has 1 heterocycles. The van der Waals surface area contributed by atoms with Crippen LogP contribution in [-0.4, -0.2) is 14.9 Å². The number of nitro benzene ring substituents is 1. The fraction of sp³-hybridized carbons (Fsp3) is 0. The van der Waals surface area contributed by atoms with Gasteiger partial charge in [-0.15, -0.1) is 0 Å². The van der Waals surface area contributed by atoms with Gasteiger partial charge < -0.3 is 4.74 Å². The lowest BCUT2D eigenvalue weighted by Crippen LogP contribution is -1.95. The lowest BCUT2D eigenvalue weighted by molar-refractivity contribution is -0.384. The van der Waals surface area contributed by atoms with Gasteiger partial charge in [-0.2, -0.15) is 0 Å². The van der Waals surface area contributed by atoms with Crippen LogP contribution >= 0.6 is 11.6 Å². The predicted molar refractivity (Wildman–Crippen MR) is 129 cm³/mol. The van der Waals surface area contributed by atoms with E-state index in [0.29, 0.717) is 22.3 Å². The van der Waals surface area contributed by atoms with Crippen LogP contribution in [0.1, 0.15) is 0 Å². The Kier molecular flexibility index (Phi) is 5.42. The molecular formula is C26H16ClN3O3. The molecule has 1 aromatic heterocycles. The summed E-state index contributed by atoms with van der Waals surface area (Å²) in [6.45, 7) is 0. The third-order valence-corrected chi connectivity index (χ3v) is 5.32. The number of halogens is 1. The summed E-state index contributed by atoms with van der Waals surface area (Å²) in [6, 6.07) is 28.8. The molecule has 6 nitrogen and oxygen atoms in total. The van der Waals surface area contributed by atoms with Crippen molar-refractivity contribution in [3.63, 3.8) is 0 Å². The first kappa shape index (κ1) is 20.6. The van der Waals surface area contributed by atoms with E-state index in [1.165, 1.54) is 12.1 Å². The van der Waals surface area contributed by atoms with Crippen molar-refractivity contribution in [2.24, 2.45) is 0 Å². The molecule has 0 N–H and O–H groups in total. The Hall–Kier alpha value is -4.29. The van der Waals surface area contributed by atoms with E-state index in [1.54, 1.807) is 12.1 Å². The van der Waals surface area contributed by atoms with E-state index in [9.17, 15) is 10.1 Å². The summed E-state index contributed by atoms with van der Waals surface area (Å²) in [4.78, 5) is 20.0. The average molecular weight is 454 g/mol.